The van der Waals surface area contributed by atoms with Crippen molar-refractivity contribution in [3.05, 3.63) is 46.2 Å². The molecule has 0 radical (unpaired) electrons. The van der Waals surface area contributed by atoms with E-state index in [0.29, 0.717) is 12.5 Å². The van der Waals surface area contributed by atoms with Crippen LogP contribution in [0.4, 0.5) is 0 Å². The Labute approximate surface area is 150 Å². The van der Waals surface area contributed by atoms with Gasteiger partial charge in [0.25, 0.3) is 0 Å². The number of halogens is 1. The Balaban J connectivity index is 0.00000176. The van der Waals surface area contributed by atoms with Crippen LogP contribution in [0.5, 0.6) is 11.5 Å². The van der Waals surface area contributed by atoms with Gasteiger partial charge in [-0.25, -0.2) is 4.99 Å². The van der Waals surface area contributed by atoms with Crippen LogP contribution in [-0.4, -0.2) is 19.3 Å². The highest BCUT2D eigenvalue weighted by Crippen LogP contribution is 2.35. The van der Waals surface area contributed by atoms with Crippen LogP contribution in [0.25, 0.3) is 0 Å². The van der Waals surface area contributed by atoms with Gasteiger partial charge in [0.15, 0.2) is 17.5 Å². The molecule has 0 bridgehead atoms. The number of para-hydroxylation sites is 1. The Morgan fingerprint density at radius 3 is 3.00 bits per heavy atom. The summed E-state index contributed by atoms with van der Waals surface area (Å²) in [5.74, 6) is 1.99. The molecule has 7 heteroatoms. The minimum Gasteiger partial charge on any atom is -0.454 e. The number of benzene rings is 1. The van der Waals surface area contributed by atoms with Crippen molar-refractivity contribution in [3.63, 3.8) is 0 Å². The first-order chi connectivity index (χ1) is 10.3. The second-order valence-corrected chi connectivity index (χ2v) is 5.64. The van der Waals surface area contributed by atoms with Crippen LogP contribution in [-0.2, 0) is 13.0 Å². The van der Waals surface area contributed by atoms with E-state index in [-0.39, 0.29) is 30.8 Å². The number of nitrogens with two attached hydrogens (primary N) is 1. The summed E-state index contributed by atoms with van der Waals surface area (Å²) in [4.78, 5) is 5.68. The van der Waals surface area contributed by atoms with Gasteiger partial charge in [-0.2, -0.15) is 0 Å². The molecule has 0 atom stereocenters. The Kier molecular flexibility index (Phi) is 6.32. The van der Waals surface area contributed by atoms with Crippen molar-refractivity contribution in [1.29, 1.82) is 0 Å². The van der Waals surface area contributed by atoms with Gasteiger partial charge < -0.3 is 20.5 Å². The molecule has 1 aromatic carbocycles. The van der Waals surface area contributed by atoms with Gasteiger partial charge in [-0.05, 0) is 23.9 Å². The number of nitrogens with one attached hydrogen (secondary N) is 1. The average molecular weight is 431 g/mol. The predicted molar refractivity (Wildman–Crippen MR) is 99.3 cm³/mol. The number of fused-ring (bicyclic) bond motifs is 1. The van der Waals surface area contributed by atoms with Crippen LogP contribution in [0, 0.1) is 0 Å². The van der Waals surface area contributed by atoms with Gasteiger partial charge in [-0.1, -0.05) is 18.2 Å². The van der Waals surface area contributed by atoms with E-state index in [9.17, 15) is 0 Å². The summed E-state index contributed by atoms with van der Waals surface area (Å²) in [7, 11) is 0. The first-order valence-electron chi connectivity index (χ1n) is 6.76. The monoisotopic (exact) mass is 431 g/mol. The smallest absolute Gasteiger partial charge is 0.231 e. The minimum absolute atomic E-state index is 0. The van der Waals surface area contributed by atoms with Crippen molar-refractivity contribution < 1.29 is 9.47 Å². The predicted octanol–water partition coefficient (Wildman–Crippen LogP) is 2.74. The molecule has 5 nitrogen and oxygen atoms in total. The van der Waals surface area contributed by atoms with Crippen molar-refractivity contribution in [1.82, 2.24) is 5.32 Å². The average Bonchev–Trinajstić information content (AvgIpc) is 3.16. The van der Waals surface area contributed by atoms with Crippen LogP contribution in [0.15, 0.2) is 40.7 Å². The molecule has 0 amide bonds. The number of rotatable bonds is 5. The molecule has 0 unspecified atom stereocenters. The summed E-state index contributed by atoms with van der Waals surface area (Å²) >= 11 is 1.75. The van der Waals surface area contributed by atoms with Gasteiger partial charge >= 0.3 is 0 Å². The third-order valence-electron chi connectivity index (χ3n) is 3.16. The van der Waals surface area contributed by atoms with Gasteiger partial charge in [0.1, 0.15) is 0 Å². The maximum absolute atomic E-state index is 5.88. The zero-order valence-corrected chi connectivity index (χ0v) is 15.1. The molecule has 2 heterocycles. The standard InChI is InChI=1S/C15H17N3O2S.HI/c16-15(17-7-6-12-4-2-8-21-12)18-9-11-3-1-5-13-14(11)20-10-19-13;/h1-5,8H,6-7,9-10H2,(H3,16,17,18);1H. The second-order valence-electron chi connectivity index (χ2n) is 4.61. The summed E-state index contributed by atoms with van der Waals surface area (Å²) in [6, 6.07) is 9.95. The molecule has 2 aromatic rings. The van der Waals surface area contributed by atoms with Gasteiger partial charge in [-0.3, -0.25) is 0 Å². The molecule has 3 N–H and O–H groups in total. The van der Waals surface area contributed by atoms with E-state index in [1.807, 2.05) is 18.2 Å². The number of thiophene rings is 1. The first-order valence-corrected chi connectivity index (χ1v) is 7.64. The van der Waals surface area contributed by atoms with E-state index in [1.165, 1.54) is 4.88 Å². The van der Waals surface area contributed by atoms with Gasteiger partial charge in [0.05, 0.1) is 6.54 Å². The fourth-order valence-corrected chi connectivity index (χ4v) is 2.82. The molecule has 118 valence electrons. The normalized spacial score (nSPS) is 12.8. The third-order valence-corrected chi connectivity index (χ3v) is 4.09. The molecular weight excluding hydrogens is 413 g/mol. The van der Waals surface area contributed by atoms with Crippen molar-refractivity contribution in [2.75, 3.05) is 13.3 Å². The van der Waals surface area contributed by atoms with Gasteiger partial charge in [0, 0.05) is 17.0 Å². The first kappa shape index (κ1) is 16.9. The topological polar surface area (TPSA) is 68.9 Å². The third kappa shape index (κ3) is 4.26. The highest BCUT2D eigenvalue weighted by molar-refractivity contribution is 14.0. The Morgan fingerprint density at radius 1 is 1.27 bits per heavy atom. The molecule has 3 rings (SSSR count). The van der Waals surface area contributed by atoms with Gasteiger partial charge in [-0.15, -0.1) is 35.3 Å². The number of hydrogen-bond acceptors (Lipinski definition) is 4. The molecule has 0 aliphatic carbocycles. The number of nitrogens with zero attached hydrogens (tertiary/aromatic N) is 1. The largest absolute Gasteiger partial charge is 0.454 e. The summed E-state index contributed by atoms with van der Waals surface area (Å²) in [5, 5.41) is 5.20. The van der Waals surface area contributed by atoms with Gasteiger partial charge in [0.2, 0.25) is 6.79 Å². The zero-order valence-electron chi connectivity index (χ0n) is 12.0. The van der Waals surface area contributed by atoms with Crippen molar-refractivity contribution >= 4 is 41.3 Å². The quantitative estimate of drug-likeness (QED) is 0.434. The molecule has 0 saturated carbocycles. The Bertz CT molecular complexity index is 632. The highest BCUT2D eigenvalue weighted by atomic mass is 127. The lowest BCUT2D eigenvalue weighted by Gasteiger charge is -2.06. The Morgan fingerprint density at radius 2 is 2.18 bits per heavy atom. The Hall–Kier alpha value is -1.48. The molecule has 0 saturated heterocycles. The van der Waals surface area contributed by atoms with Crippen molar-refractivity contribution in [3.8, 4) is 11.5 Å². The lowest BCUT2D eigenvalue weighted by atomic mass is 10.2. The summed E-state index contributed by atoms with van der Waals surface area (Å²) in [6.07, 6.45) is 0.950. The van der Waals surface area contributed by atoms with Crippen LogP contribution in [0.1, 0.15) is 10.4 Å². The fourth-order valence-electron chi connectivity index (χ4n) is 2.11. The second kappa shape index (κ2) is 8.23. The van der Waals surface area contributed by atoms with Crippen LogP contribution < -0.4 is 20.5 Å². The number of hydrogen-bond donors (Lipinski definition) is 2. The molecule has 0 fully saturated rings. The van der Waals surface area contributed by atoms with Crippen LogP contribution in [0.3, 0.4) is 0 Å². The van der Waals surface area contributed by atoms with E-state index < -0.39 is 0 Å². The van der Waals surface area contributed by atoms with Crippen LogP contribution >= 0.6 is 35.3 Å². The fraction of sp³-hybridized carbons (Fsp3) is 0.267. The van der Waals surface area contributed by atoms with E-state index >= 15 is 0 Å². The maximum atomic E-state index is 5.88. The van der Waals surface area contributed by atoms with E-state index in [1.54, 1.807) is 11.3 Å². The lowest BCUT2D eigenvalue weighted by molar-refractivity contribution is 0.173. The molecule has 22 heavy (non-hydrogen) atoms. The summed E-state index contributed by atoms with van der Waals surface area (Å²) in [6.45, 7) is 1.53. The molecule has 1 aromatic heterocycles. The SMILES string of the molecule is I.NC(=NCc1cccc2c1OCO2)NCCc1cccs1. The maximum Gasteiger partial charge on any atom is 0.231 e. The summed E-state index contributed by atoms with van der Waals surface area (Å²) in [5.41, 5.74) is 6.86. The highest BCUT2D eigenvalue weighted by Gasteiger charge is 2.16. The molecule has 0 spiro atoms. The number of aliphatic imine (C=N–C) groups is 1. The zero-order chi connectivity index (χ0) is 14.5. The van der Waals surface area contributed by atoms with Crippen molar-refractivity contribution in [2.24, 2.45) is 10.7 Å². The van der Waals surface area contributed by atoms with Crippen LogP contribution in [0.2, 0.25) is 0 Å². The molecular formula is C15H18IN3O2S. The molecule has 1 aliphatic heterocycles. The molecule has 1 aliphatic rings. The number of ether oxygens (including phenoxy) is 2. The van der Waals surface area contributed by atoms with E-state index in [0.717, 1.165) is 30.0 Å². The van der Waals surface area contributed by atoms with Crippen molar-refractivity contribution in [2.45, 2.75) is 13.0 Å². The van der Waals surface area contributed by atoms with E-state index in [2.05, 4.69) is 27.8 Å². The number of guanidine groups is 1. The van der Waals surface area contributed by atoms with E-state index in [4.69, 9.17) is 15.2 Å². The summed E-state index contributed by atoms with van der Waals surface area (Å²) < 4.78 is 10.8. The lowest BCUT2D eigenvalue weighted by Crippen LogP contribution is -2.33. The minimum atomic E-state index is 0.